The lowest BCUT2D eigenvalue weighted by molar-refractivity contribution is 0.207. The number of nitrogens with zero attached hydrogens (tertiary/aromatic N) is 1. The summed E-state index contributed by atoms with van der Waals surface area (Å²) in [4.78, 5) is 13.6. The van der Waals surface area contributed by atoms with Crippen LogP contribution in [0.4, 0.5) is 4.79 Å². The van der Waals surface area contributed by atoms with Crippen LogP contribution in [-0.4, -0.2) is 18.0 Å². The quantitative estimate of drug-likeness (QED) is 0.483. The molecular weight excluding hydrogens is 254 g/mol. The van der Waals surface area contributed by atoms with Crippen LogP contribution in [0.1, 0.15) is 4.88 Å². The van der Waals surface area contributed by atoms with E-state index in [1.165, 1.54) is 4.90 Å². The predicted octanol–water partition coefficient (Wildman–Crippen LogP) is 1.53. The molecule has 4 nitrogen and oxygen atoms in total. The Morgan fingerprint density at radius 2 is 2.46 bits per heavy atom. The molecule has 0 saturated carbocycles. The Labute approximate surface area is 88.8 Å². The van der Waals surface area contributed by atoms with Crippen molar-refractivity contribution in [1.29, 1.82) is 0 Å². The van der Waals surface area contributed by atoms with Gasteiger partial charge in [-0.3, -0.25) is 5.43 Å². The average Bonchev–Trinajstić information content (AvgIpc) is 2.49. The van der Waals surface area contributed by atoms with Crippen molar-refractivity contribution in [1.82, 2.24) is 10.3 Å². The number of hydrogen-bond donors (Lipinski definition) is 2. The van der Waals surface area contributed by atoms with Crippen LogP contribution in [0.5, 0.6) is 0 Å². The fraction of sp³-hybridized carbons (Fsp3) is 0.286. The van der Waals surface area contributed by atoms with Gasteiger partial charge in [0, 0.05) is 11.9 Å². The zero-order chi connectivity index (χ0) is 9.84. The van der Waals surface area contributed by atoms with E-state index < -0.39 is 0 Å². The Bertz CT molecular complexity index is 302. The second kappa shape index (κ2) is 4.59. The molecule has 0 bridgehead atoms. The van der Waals surface area contributed by atoms with Crippen LogP contribution >= 0.6 is 27.3 Å². The number of nitrogens with two attached hydrogens (primary N) is 1. The standard InChI is InChI=1S/C7H10BrN3OS/c1-11(7(12)10-9)4-5-2-3-6(8)13-5/h2-3H,4,9H2,1H3,(H,10,12). The Balaban J connectivity index is 2.54. The molecule has 0 fully saturated rings. The van der Waals surface area contributed by atoms with Gasteiger partial charge in [-0.15, -0.1) is 11.3 Å². The Hall–Kier alpha value is -0.590. The molecule has 1 aromatic rings. The third-order valence-corrected chi connectivity index (χ3v) is 3.10. The predicted molar refractivity (Wildman–Crippen MR) is 56.2 cm³/mol. The minimum absolute atomic E-state index is 0.287. The number of carbonyl (C=O) groups is 1. The molecule has 0 aliphatic carbocycles. The minimum Gasteiger partial charge on any atom is -0.322 e. The zero-order valence-electron chi connectivity index (χ0n) is 7.08. The maximum atomic E-state index is 11.0. The highest BCUT2D eigenvalue weighted by atomic mass is 79.9. The second-order valence-corrected chi connectivity index (χ2v) is 5.06. The van der Waals surface area contributed by atoms with Crippen molar-refractivity contribution in [3.63, 3.8) is 0 Å². The van der Waals surface area contributed by atoms with Gasteiger partial charge in [-0.1, -0.05) is 0 Å². The number of thiophene rings is 1. The Morgan fingerprint density at radius 1 is 1.77 bits per heavy atom. The van der Waals surface area contributed by atoms with Crippen molar-refractivity contribution in [2.24, 2.45) is 5.84 Å². The van der Waals surface area contributed by atoms with Crippen LogP contribution in [0.25, 0.3) is 0 Å². The lowest BCUT2D eigenvalue weighted by Crippen LogP contribution is -2.40. The fourth-order valence-corrected chi connectivity index (χ4v) is 2.39. The molecule has 2 amide bonds. The van der Waals surface area contributed by atoms with Crippen LogP contribution in [0.2, 0.25) is 0 Å². The normalized spacial score (nSPS) is 9.77. The number of carbonyl (C=O) groups excluding carboxylic acids is 1. The van der Waals surface area contributed by atoms with Crippen LogP contribution < -0.4 is 11.3 Å². The number of amides is 2. The summed E-state index contributed by atoms with van der Waals surface area (Å²) in [5, 5.41) is 0. The summed E-state index contributed by atoms with van der Waals surface area (Å²) in [6.07, 6.45) is 0. The first kappa shape index (κ1) is 10.5. The monoisotopic (exact) mass is 263 g/mol. The first-order valence-corrected chi connectivity index (χ1v) is 5.20. The van der Waals surface area contributed by atoms with Gasteiger partial charge in [0.2, 0.25) is 0 Å². The average molecular weight is 264 g/mol. The van der Waals surface area contributed by atoms with E-state index in [4.69, 9.17) is 5.84 Å². The van der Waals surface area contributed by atoms with Crippen molar-refractivity contribution >= 4 is 33.3 Å². The van der Waals surface area contributed by atoms with Crippen molar-refractivity contribution in [3.05, 3.63) is 20.8 Å². The van der Waals surface area contributed by atoms with Gasteiger partial charge in [-0.2, -0.15) is 0 Å². The van der Waals surface area contributed by atoms with Gasteiger partial charge in [0.25, 0.3) is 0 Å². The zero-order valence-corrected chi connectivity index (χ0v) is 9.48. The van der Waals surface area contributed by atoms with Gasteiger partial charge < -0.3 is 4.90 Å². The molecule has 1 aromatic heterocycles. The Morgan fingerprint density at radius 3 is 2.92 bits per heavy atom. The minimum atomic E-state index is -0.287. The van der Waals surface area contributed by atoms with Crippen LogP contribution in [0.15, 0.2) is 15.9 Å². The van der Waals surface area contributed by atoms with Gasteiger partial charge in [0.05, 0.1) is 10.3 Å². The number of rotatable bonds is 2. The second-order valence-electron chi connectivity index (χ2n) is 2.51. The summed E-state index contributed by atoms with van der Waals surface area (Å²) >= 11 is 4.95. The lowest BCUT2D eigenvalue weighted by Gasteiger charge is -2.14. The van der Waals surface area contributed by atoms with Gasteiger partial charge in [-0.25, -0.2) is 10.6 Å². The highest BCUT2D eigenvalue weighted by Gasteiger charge is 2.07. The molecule has 1 heterocycles. The third-order valence-electron chi connectivity index (χ3n) is 1.49. The summed E-state index contributed by atoms with van der Waals surface area (Å²) in [6, 6.07) is 3.63. The van der Waals surface area contributed by atoms with Crippen molar-refractivity contribution in [3.8, 4) is 0 Å². The lowest BCUT2D eigenvalue weighted by atomic mass is 10.4. The summed E-state index contributed by atoms with van der Waals surface area (Å²) in [5.74, 6) is 4.98. The number of nitrogens with one attached hydrogen (secondary N) is 1. The third kappa shape index (κ3) is 2.98. The fourth-order valence-electron chi connectivity index (χ4n) is 0.852. The molecular formula is C7H10BrN3OS. The summed E-state index contributed by atoms with van der Waals surface area (Å²) in [5.41, 5.74) is 2.07. The largest absolute Gasteiger partial charge is 0.331 e. The van der Waals surface area contributed by atoms with Crippen molar-refractivity contribution in [2.45, 2.75) is 6.54 Å². The van der Waals surface area contributed by atoms with Crippen LogP contribution in [-0.2, 0) is 6.54 Å². The molecule has 0 radical (unpaired) electrons. The SMILES string of the molecule is CN(Cc1ccc(Br)s1)C(=O)NN. The molecule has 0 saturated heterocycles. The molecule has 0 atom stereocenters. The smallest absolute Gasteiger partial charge is 0.322 e. The van der Waals surface area contributed by atoms with E-state index in [0.717, 1.165) is 8.66 Å². The van der Waals surface area contributed by atoms with Gasteiger partial charge >= 0.3 is 6.03 Å². The van der Waals surface area contributed by atoms with Crippen LogP contribution in [0, 0.1) is 0 Å². The van der Waals surface area contributed by atoms with Gasteiger partial charge in [-0.05, 0) is 28.1 Å². The Kier molecular flexibility index (Phi) is 3.71. The van der Waals surface area contributed by atoms with Crippen LogP contribution in [0.3, 0.4) is 0 Å². The number of urea groups is 1. The highest BCUT2D eigenvalue weighted by Crippen LogP contribution is 2.22. The van der Waals surface area contributed by atoms with Crippen molar-refractivity contribution in [2.75, 3.05) is 7.05 Å². The highest BCUT2D eigenvalue weighted by molar-refractivity contribution is 9.11. The molecule has 0 aliphatic heterocycles. The maximum absolute atomic E-state index is 11.0. The van der Waals surface area contributed by atoms with Gasteiger partial charge in [0.1, 0.15) is 0 Å². The number of hydrazine groups is 1. The molecule has 0 aliphatic rings. The van der Waals surface area contributed by atoms with Crippen molar-refractivity contribution < 1.29 is 4.79 Å². The molecule has 6 heteroatoms. The molecule has 1 rings (SSSR count). The van der Waals surface area contributed by atoms with E-state index in [2.05, 4.69) is 21.4 Å². The molecule has 0 spiro atoms. The summed E-state index contributed by atoms with van der Waals surface area (Å²) in [6.45, 7) is 0.569. The van der Waals surface area contributed by atoms with Gasteiger partial charge in [0.15, 0.2) is 0 Å². The maximum Gasteiger partial charge on any atom is 0.331 e. The molecule has 13 heavy (non-hydrogen) atoms. The topological polar surface area (TPSA) is 58.4 Å². The van der Waals surface area contributed by atoms with E-state index in [0.29, 0.717) is 6.54 Å². The number of hydrogen-bond acceptors (Lipinski definition) is 3. The summed E-state index contributed by atoms with van der Waals surface area (Å²) < 4.78 is 1.06. The van der Waals surface area contributed by atoms with E-state index in [1.54, 1.807) is 18.4 Å². The molecule has 0 unspecified atom stereocenters. The summed E-state index contributed by atoms with van der Waals surface area (Å²) in [7, 11) is 1.69. The first-order valence-electron chi connectivity index (χ1n) is 3.59. The number of halogens is 1. The molecule has 72 valence electrons. The first-order chi connectivity index (χ1) is 6.13. The van der Waals surface area contributed by atoms with E-state index in [-0.39, 0.29) is 6.03 Å². The molecule has 0 aromatic carbocycles. The molecule has 3 N–H and O–H groups in total. The van der Waals surface area contributed by atoms with E-state index >= 15 is 0 Å². The van der Waals surface area contributed by atoms with E-state index in [9.17, 15) is 4.79 Å². The van der Waals surface area contributed by atoms with E-state index in [1.807, 2.05) is 12.1 Å².